The minimum atomic E-state index is -0.772. The van der Waals surface area contributed by atoms with E-state index in [1.165, 1.54) is 19.2 Å². The van der Waals surface area contributed by atoms with Gasteiger partial charge in [-0.1, -0.05) is 12.1 Å². The zero-order valence-electron chi connectivity index (χ0n) is 11.0. The Kier molecular flexibility index (Phi) is 3.07. The number of fused-ring (bicyclic) bond motifs is 1. The molecule has 108 valence electrons. The monoisotopic (exact) mass is 289 g/mol. The largest absolute Gasteiger partial charge is 0.433 e. The Hall–Kier alpha value is -2.87. The van der Waals surface area contributed by atoms with Crippen LogP contribution in [0.3, 0.4) is 0 Å². The van der Waals surface area contributed by atoms with Crippen LogP contribution >= 0.6 is 0 Å². The molecule has 1 aromatic heterocycles. The topological polar surface area (TPSA) is 97.8 Å². The number of nitrogens with one attached hydrogen (secondary N) is 1. The smallest absolute Gasteiger partial charge is 0.401 e. The molecule has 3 rings (SSSR count). The predicted octanol–water partition coefficient (Wildman–Crippen LogP) is 2.32. The Morgan fingerprint density at radius 3 is 2.76 bits per heavy atom. The van der Waals surface area contributed by atoms with Crippen molar-refractivity contribution in [1.29, 1.82) is 0 Å². The second-order valence-corrected chi connectivity index (χ2v) is 4.34. The van der Waals surface area contributed by atoms with Crippen LogP contribution in [0, 0.1) is 10.1 Å². The minimum Gasteiger partial charge on any atom is -0.401 e. The van der Waals surface area contributed by atoms with Gasteiger partial charge in [0.15, 0.2) is 11.9 Å². The Balaban J connectivity index is 2.01. The number of amides is 1. The Morgan fingerprint density at radius 1 is 1.33 bits per heavy atom. The number of hydrogen-bond donors (Lipinski definition) is 1. The lowest BCUT2D eigenvalue weighted by atomic mass is 10.1. The van der Waals surface area contributed by atoms with Crippen molar-refractivity contribution in [2.75, 3.05) is 12.4 Å². The summed E-state index contributed by atoms with van der Waals surface area (Å²) in [7, 11) is 1.35. The summed E-state index contributed by atoms with van der Waals surface area (Å²) in [5, 5.41) is 14.8. The second kappa shape index (κ2) is 4.91. The molecular weight excluding hydrogens is 278 g/mol. The molecule has 8 nitrogen and oxygen atoms in total. The maximum atomic E-state index is 12.4. The van der Waals surface area contributed by atoms with Crippen LogP contribution in [0.2, 0.25) is 0 Å². The fraction of sp³-hybridized carbons (Fsp3) is 0.154. The van der Waals surface area contributed by atoms with Gasteiger partial charge in [0, 0.05) is 5.69 Å². The molecule has 0 aliphatic carbocycles. The van der Waals surface area contributed by atoms with Crippen molar-refractivity contribution in [2.24, 2.45) is 0 Å². The summed E-state index contributed by atoms with van der Waals surface area (Å²) in [6.07, 6.45) is -0.772. The second-order valence-electron chi connectivity index (χ2n) is 4.34. The first kappa shape index (κ1) is 13.1. The number of anilines is 1. The predicted molar refractivity (Wildman–Crippen MR) is 71.3 cm³/mol. The highest BCUT2D eigenvalue weighted by molar-refractivity contribution is 6.01. The lowest BCUT2D eigenvalue weighted by Crippen LogP contribution is -2.42. The Labute approximate surface area is 119 Å². The van der Waals surface area contributed by atoms with Crippen molar-refractivity contribution in [3.05, 3.63) is 57.8 Å². The van der Waals surface area contributed by atoms with Crippen LogP contribution in [0.25, 0.3) is 0 Å². The summed E-state index contributed by atoms with van der Waals surface area (Å²) in [6, 6.07) is 9.59. The Bertz CT molecular complexity index is 711. The third-order valence-electron chi connectivity index (χ3n) is 3.14. The average Bonchev–Trinajstić information content (AvgIpc) is 2.97. The summed E-state index contributed by atoms with van der Waals surface area (Å²) in [6.45, 7) is 0. The number of hydrogen-bond acceptors (Lipinski definition) is 6. The standard InChI is InChI=1S/C13H11N3O5/c1-20-15-12(10-6-7-11(21-10)16(18)19)14-9-5-3-2-4-8(9)13(15)17/h2-7,12,14H,1H3. The first-order valence-electron chi connectivity index (χ1n) is 6.09. The van der Waals surface area contributed by atoms with E-state index in [4.69, 9.17) is 9.25 Å². The molecule has 8 heteroatoms. The normalized spacial score (nSPS) is 17.3. The van der Waals surface area contributed by atoms with Crippen LogP contribution < -0.4 is 5.32 Å². The Morgan fingerprint density at radius 2 is 2.10 bits per heavy atom. The number of hydroxylamine groups is 2. The molecule has 2 aromatic rings. The van der Waals surface area contributed by atoms with Crippen molar-refractivity contribution < 1.29 is 19.0 Å². The third-order valence-corrected chi connectivity index (χ3v) is 3.14. The number of rotatable bonds is 3. The van der Waals surface area contributed by atoms with E-state index in [2.05, 4.69) is 5.32 Å². The maximum absolute atomic E-state index is 12.4. The van der Waals surface area contributed by atoms with Crippen LogP contribution in [0.1, 0.15) is 22.3 Å². The molecule has 0 saturated carbocycles. The molecule has 1 amide bonds. The van der Waals surface area contributed by atoms with Gasteiger partial charge >= 0.3 is 5.88 Å². The van der Waals surface area contributed by atoms with Gasteiger partial charge in [-0.15, -0.1) is 0 Å². The zero-order chi connectivity index (χ0) is 15.0. The van der Waals surface area contributed by atoms with Gasteiger partial charge in [0.1, 0.15) is 4.92 Å². The highest BCUT2D eigenvalue weighted by Crippen LogP contribution is 2.34. The van der Waals surface area contributed by atoms with E-state index in [-0.39, 0.29) is 11.7 Å². The summed E-state index contributed by atoms with van der Waals surface area (Å²) < 4.78 is 5.14. The van der Waals surface area contributed by atoms with E-state index < -0.39 is 17.0 Å². The number of nitro groups is 1. The molecule has 0 bridgehead atoms. The molecule has 1 unspecified atom stereocenters. The SMILES string of the molecule is CON1C(=O)c2ccccc2NC1c1ccc([N+](=O)[O-])o1. The van der Waals surface area contributed by atoms with Crippen molar-refractivity contribution in [1.82, 2.24) is 5.06 Å². The van der Waals surface area contributed by atoms with Crippen LogP contribution in [0.15, 0.2) is 40.8 Å². The summed E-state index contributed by atoms with van der Waals surface area (Å²) in [5.74, 6) is -0.531. The van der Waals surface area contributed by atoms with Gasteiger partial charge in [-0.2, -0.15) is 5.06 Å². The van der Waals surface area contributed by atoms with Crippen LogP contribution in [0.5, 0.6) is 0 Å². The molecule has 21 heavy (non-hydrogen) atoms. The van der Waals surface area contributed by atoms with Gasteiger partial charge in [-0.25, -0.2) is 0 Å². The quantitative estimate of drug-likeness (QED) is 0.687. The van der Waals surface area contributed by atoms with E-state index in [9.17, 15) is 14.9 Å². The van der Waals surface area contributed by atoms with Gasteiger partial charge in [-0.05, 0) is 18.2 Å². The summed E-state index contributed by atoms with van der Waals surface area (Å²) >= 11 is 0. The van der Waals surface area contributed by atoms with Gasteiger partial charge in [-0.3, -0.25) is 19.7 Å². The number of para-hydroxylation sites is 1. The molecule has 0 radical (unpaired) electrons. The first-order valence-corrected chi connectivity index (χ1v) is 6.09. The summed E-state index contributed by atoms with van der Waals surface area (Å²) in [4.78, 5) is 27.5. The van der Waals surface area contributed by atoms with Crippen LogP contribution in [-0.4, -0.2) is 23.0 Å². The molecule has 2 heterocycles. The third kappa shape index (κ3) is 2.11. The van der Waals surface area contributed by atoms with Gasteiger partial charge < -0.3 is 9.73 Å². The fourth-order valence-corrected chi connectivity index (χ4v) is 2.20. The zero-order valence-corrected chi connectivity index (χ0v) is 11.0. The van der Waals surface area contributed by atoms with E-state index in [0.717, 1.165) is 5.06 Å². The highest BCUT2D eigenvalue weighted by atomic mass is 16.7. The molecular formula is C13H11N3O5. The van der Waals surface area contributed by atoms with Crippen molar-refractivity contribution >= 4 is 17.5 Å². The first-order chi connectivity index (χ1) is 10.1. The average molecular weight is 289 g/mol. The molecule has 0 spiro atoms. The van der Waals surface area contributed by atoms with E-state index >= 15 is 0 Å². The molecule has 1 atom stereocenters. The molecule has 1 aliphatic rings. The molecule has 0 fully saturated rings. The summed E-state index contributed by atoms with van der Waals surface area (Å²) in [5.41, 5.74) is 1.07. The number of benzene rings is 1. The van der Waals surface area contributed by atoms with E-state index in [1.807, 2.05) is 0 Å². The van der Waals surface area contributed by atoms with Crippen molar-refractivity contribution in [3.8, 4) is 0 Å². The van der Waals surface area contributed by atoms with Crippen molar-refractivity contribution in [3.63, 3.8) is 0 Å². The molecule has 1 N–H and O–H groups in total. The minimum absolute atomic E-state index is 0.214. The van der Waals surface area contributed by atoms with Crippen LogP contribution in [-0.2, 0) is 4.84 Å². The number of carbonyl (C=O) groups excluding carboxylic acids is 1. The van der Waals surface area contributed by atoms with E-state index in [1.54, 1.807) is 24.3 Å². The van der Waals surface area contributed by atoms with Gasteiger partial charge in [0.2, 0.25) is 0 Å². The van der Waals surface area contributed by atoms with E-state index in [0.29, 0.717) is 11.3 Å². The molecule has 0 saturated heterocycles. The number of furan rings is 1. The molecule has 1 aliphatic heterocycles. The lowest BCUT2D eigenvalue weighted by molar-refractivity contribution is -0.402. The lowest BCUT2D eigenvalue weighted by Gasteiger charge is -2.34. The highest BCUT2D eigenvalue weighted by Gasteiger charge is 2.36. The van der Waals surface area contributed by atoms with Gasteiger partial charge in [0.05, 0.1) is 18.7 Å². The maximum Gasteiger partial charge on any atom is 0.433 e. The number of carbonyl (C=O) groups is 1. The fourth-order valence-electron chi connectivity index (χ4n) is 2.20. The molecule has 1 aromatic carbocycles. The number of nitrogens with zero attached hydrogens (tertiary/aromatic N) is 2. The van der Waals surface area contributed by atoms with Crippen molar-refractivity contribution in [2.45, 2.75) is 6.17 Å². The van der Waals surface area contributed by atoms with Crippen LogP contribution in [0.4, 0.5) is 11.6 Å². The van der Waals surface area contributed by atoms with Gasteiger partial charge in [0.25, 0.3) is 5.91 Å².